The zero-order valence-corrected chi connectivity index (χ0v) is 20.5. The van der Waals surface area contributed by atoms with Crippen LogP contribution < -0.4 is 0 Å². The van der Waals surface area contributed by atoms with E-state index in [0.29, 0.717) is 32.4 Å². The van der Waals surface area contributed by atoms with Crippen molar-refractivity contribution in [1.82, 2.24) is 9.47 Å². The molecule has 1 aromatic heterocycles. The molecule has 0 N–H and O–H groups in total. The highest BCUT2D eigenvalue weighted by molar-refractivity contribution is 5.77. The smallest absolute Gasteiger partial charge is 0.223 e. The number of hydrogen-bond donors (Lipinski definition) is 0. The van der Waals surface area contributed by atoms with Crippen LogP contribution in [0, 0.1) is 25.2 Å². The number of nitrogens with zero attached hydrogens (tertiary/aromatic N) is 3. The number of benzene rings is 2. The highest BCUT2D eigenvalue weighted by Crippen LogP contribution is 2.30. The van der Waals surface area contributed by atoms with E-state index in [1.54, 1.807) is 0 Å². The normalized spacial score (nSPS) is 18.0. The Bertz CT molecular complexity index is 1190. The van der Waals surface area contributed by atoms with Gasteiger partial charge in [-0.1, -0.05) is 35.9 Å². The van der Waals surface area contributed by atoms with Crippen molar-refractivity contribution in [2.24, 2.45) is 0 Å². The van der Waals surface area contributed by atoms with Crippen LogP contribution in [-0.2, 0) is 22.4 Å². The molecule has 4 rings (SSSR count). The van der Waals surface area contributed by atoms with Gasteiger partial charge in [-0.05, 0) is 69.5 Å². The molecular weight excluding hydrogens is 422 g/mol. The van der Waals surface area contributed by atoms with E-state index in [-0.39, 0.29) is 18.1 Å². The van der Waals surface area contributed by atoms with Gasteiger partial charge in [-0.2, -0.15) is 5.26 Å². The van der Waals surface area contributed by atoms with Crippen molar-refractivity contribution in [3.05, 3.63) is 77.0 Å². The molecule has 2 heterocycles. The van der Waals surface area contributed by atoms with Crippen LogP contribution in [0.4, 0.5) is 0 Å². The van der Waals surface area contributed by atoms with Crippen LogP contribution in [0.5, 0.6) is 0 Å². The summed E-state index contributed by atoms with van der Waals surface area (Å²) in [5, 5.41) is 9.03. The maximum Gasteiger partial charge on any atom is 0.223 e. The van der Waals surface area contributed by atoms with Crippen LogP contribution in [0.15, 0.2) is 54.6 Å². The molecule has 0 bridgehead atoms. The van der Waals surface area contributed by atoms with Gasteiger partial charge in [0.2, 0.25) is 5.91 Å². The largest absolute Gasteiger partial charge is 0.372 e. The van der Waals surface area contributed by atoms with Crippen molar-refractivity contribution in [2.45, 2.75) is 59.2 Å². The number of morpholine rings is 1. The molecular formula is C29H33N3O2. The Hall–Kier alpha value is -3.36. The van der Waals surface area contributed by atoms with E-state index in [1.807, 2.05) is 30.9 Å². The van der Waals surface area contributed by atoms with Crippen LogP contribution >= 0.6 is 0 Å². The molecule has 0 radical (unpaired) electrons. The lowest BCUT2D eigenvalue weighted by Gasteiger charge is -2.35. The van der Waals surface area contributed by atoms with Crippen LogP contribution in [0.25, 0.3) is 16.9 Å². The van der Waals surface area contributed by atoms with Crippen molar-refractivity contribution < 1.29 is 9.53 Å². The highest BCUT2D eigenvalue weighted by Gasteiger charge is 2.26. The van der Waals surface area contributed by atoms with E-state index in [0.717, 1.165) is 22.6 Å². The number of nitriles is 1. The van der Waals surface area contributed by atoms with Crippen LogP contribution in [0.1, 0.15) is 42.7 Å². The van der Waals surface area contributed by atoms with Crippen LogP contribution in [0.3, 0.4) is 0 Å². The van der Waals surface area contributed by atoms with Crippen molar-refractivity contribution >= 4 is 5.91 Å². The average molecular weight is 456 g/mol. The number of hydrogen-bond acceptors (Lipinski definition) is 3. The van der Waals surface area contributed by atoms with Crippen molar-refractivity contribution in [1.29, 1.82) is 5.26 Å². The Morgan fingerprint density at radius 2 is 1.74 bits per heavy atom. The lowest BCUT2D eigenvalue weighted by atomic mass is 10.0. The zero-order valence-electron chi connectivity index (χ0n) is 20.5. The highest BCUT2D eigenvalue weighted by atomic mass is 16.5. The molecule has 1 aliphatic heterocycles. The molecule has 34 heavy (non-hydrogen) atoms. The second-order valence-electron chi connectivity index (χ2n) is 9.42. The Morgan fingerprint density at radius 3 is 2.38 bits per heavy atom. The minimum atomic E-state index is 0.0691. The van der Waals surface area contributed by atoms with E-state index in [9.17, 15) is 4.79 Å². The third kappa shape index (κ3) is 5.24. The van der Waals surface area contributed by atoms with E-state index in [4.69, 9.17) is 10.00 Å². The predicted molar refractivity (Wildman–Crippen MR) is 135 cm³/mol. The number of ether oxygens (including phenoxy) is 1. The summed E-state index contributed by atoms with van der Waals surface area (Å²) in [7, 11) is 0. The average Bonchev–Trinajstić information content (AvgIpc) is 3.21. The Labute approximate surface area is 202 Å². The molecule has 1 amide bonds. The lowest BCUT2D eigenvalue weighted by molar-refractivity contribution is -0.143. The summed E-state index contributed by atoms with van der Waals surface area (Å²) in [6, 6.07) is 21.2. The van der Waals surface area contributed by atoms with Gasteiger partial charge in [0.1, 0.15) is 0 Å². The van der Waals surface area contributed by atoms with E-state index in [1.165, 1.54) is 16.7 Å². The molecule has 176 valence electrons. The minimum absolute atomic E-state index is 0.0691. The SMILES string of the molecule is Cc1ccc(-c2ccc(CCC(=O)N3C[C@@H](C)O[C@@H](C)C3)n2-c2ccc(CC#N)cc2)c(C)c1. The molecule has 5 heteroatoms. The lowest BCUT2D eigenvalue weighted by Crippen LogP contribution is -2.48. The number of carbonyl (C=O) groups excluding carboxylic acids is 1. The van der Waals surface area contributed by atoms with E-state index >= 15 is 0 Å². The summed E-state index contributed by atoms with van der Waals surface area (Å²) in [6.07, 6.45) is 1.65. The Balaban J connectivity index is 1.65. The number of aryl methyl sites for hydroxylation is 3. The third-order valence-electron chi connectivity index (χ3n) is 6.46. The monoisotopic (exact) mass is 455 g/mol. The molecule has 0 spiro atoms. The van der Waals surface area contributed by atoms with Gasteiger partial charge in [0.25, 0.3) is 0 Å². The summed E-state index contributed by atoms with van der Waals surface area (Å²) in [5.41, 5.74) is 7.89. The van der Waals surface area contributed by atoms with Gasteiger partial charge >= 0.3 is 0 Å². The summed E-state index contributed by atoms with van der Waals surface area (Å²) in [6.45, 7) is 9.59. The molecule has 5 nitrogen and oxygen atoms in total. The fourth-order valence-electron chi connectivity index (χ4n) is 4.92. The van der Waals surface area contributed by atoms with Gasteiger partial charge in [-0.3, -0.25) is 4.79 Å². The third-order valence-corrected chi connectivity index (χ3v) is 6.46. The Morgan fingerprint density at radius 1 is 1.03 bits per heavy atom. The number of carbonyl (C=O) groups is 1. The summed E-state index contributed by atoms with van der Waals surface area (Å²) in [4.78, 5) is 15.0. The molecule has 1 fully saturated rings. The first-order valence-corrected chi connectivity index (χ1v) is 12.0. The maximum atomic E-state index is 13.0. The summed E-state index contributed by atoms with van der Waals surface area (Å²) < 4.78 is 8.04. The van der Waals surface area contributed by atoms with E-state index in [2.05, 4.69) is 66.9 Å². The van der Waals surface area contributed by atoms with Gasteiger partial charge in [0.15, 0.2) is 0 Å². The first-order chi connectivity index (χ1) is 16.4. The second kappa shape index (κ2) is 10.3. The first-order valence-electron chi connectivity index (χ1n) is 12.0. The van der Waals surface area contributed by atoms with Crippen molar-refractivity contribution in [3.8, 4) is 23.0 Å². The van der Waals surface area contributed by atoms with Crippen LogP contribution in [0.2, 0.25) is 0 Å². The number of aromatic nitrogens is 1. The van der Waals surface area contributed by atoms with Gasteiger partial charge < -0.3 is 14.2 Å². The summed E-state index contributed by atoms with van der Waals surface area (Å²) in [5.74, 6) is 0.173. The molecule has 2 atom stereocenters. The Kier molecular flexibility index (Phi) is 7.19. The second-order valence-corrected chi connectivity index (χ2v) is 9.42. The first kappa shape index (κ1) is 23.8. The minimum Gasteiger partial charge on any atom is -0.372 e. The molecule has 3 aromatic rings. The van der Waals surface area contributed by atoms with Crippen molar-refractivity contribution in [2.75, 3.05) is 13.1 Å². The molecule has 0 unspecified atom stereocenters. The standard InChI is InChI=1S/C29H33N3O2/c1-20-5-12-27(21(2)17-20)28-13-10-26(32(28)25-8-6-24(7-9-25)15-16-30)11-14-29(33)31-18-22(3)34-23(4)19-31/h5-10,12-13,17,22-23H,11,14-15,18-19H2,1-4H3/t22-,23+. The topological polar surface area (TPSA) is 58.3 Å². The quantitative estimate of drug-likeness (QED) is 0.500. The number of rotatable bonds is 6. The van der Waals surface area contributed by atoms with Gasteiger partial charge in [0.05, 0.1) is 30.4 Å². The van der Waals surface area contributed by atoms with Gasteiger partial charge in [-0.15, -0.1) is 0 Å². The fourth-order valence-corrected chi connectivity index (χ4v) is 4.92. The van der Waals surface area contributed by atoms with E-state index < -0.39 is 0 Å². The van der Waals surface area contributed by atoms with Crippen LogP contribution in [-0.4, -0.2) is 40.7 Å². The zero-order chi connectivity index (χ0) is 24.2. The molecule has 1 saturated heterocycles. The molecule has 0 aliphatic carbocycles. The molecule has 0 saturated carbocycles. The van der Waals surface area contributed by atoms with Gasteiger partial charge in [0, 0.05) is 36.5 Å². The molecule has 2 aromatic carbocycles. The summed E-state index contributed by atoms with van der Waals surface area (Å²) >= 11 is 0. The predicted octanol–water partition coefficient (Wildman–Crippen LogP) is 5.40. The molecule has 1 aliphatic rings. The van der Waals surface area contributed by atoms with Crippen molar-refractivity contribution in [3.63, 3.8) is 0 Å². The maximum absolute atomic E-state index is 13.0. The number of amides is 1. The van der Waals surface area contributed by atoms with Gasteiger partial charge in [-0.25, -0.2) is 0 Å². The fraction of sp³-hybridized carbons (Fsp3) is 0.379.